The second-order valence-electron chi connectivity index (χ2n) is 6.39. The number of aryl methyl sites for hydroxylation is 1. The van der Waals surface area contributed by atoms with Crippen molar-refractivity contribution in [3.8, 4) is 10.7 Å². The van der Waals surface area contributed by atoms with Crippen molar-refractivity contribution in [2.45, 2.75) is 32.6 Å². The van der Waals surface area contributed by atoms with Crippen LogP contribution in [-0.2, 0) is 11.2 Å². The van der Waals surface area contributed by atoms with Crippen molar-refractivity contribution in [3.05, 3.63) is 53.2 Å². The van der Waals surface area contributed by atoms with Crippen LogP contribution in [0.5, 0.6) is 0 Å². The second-order valence-corrected chi connectivity index (χ2v) is 7.75. The lowest BCUT2D eigenvalue weighted by Gasteiger charge is -2.12. The molecule has 9 heteroatoms. The first-order valence-corrected chi connectivity index (χ1v) is 10.1. The number of benzene rings is 1. The summed E-state index contributed by atoms with van der Waals surface area (Å²) in [6, 6.07) is 11.8. The molecular formula is C19H21N5O2S2. The molecule has 7 nitrogen and oxygen atoms in total. The molecule has 0 saturated heterocycles. The minimum absolute atomic E-state index is 0.199. The Kier molecular flexibility index (Phi) is 6.72. The molecule has 3 aromatic rings. The first-order chi connectivity index (χ1) is 13.5. The maximum Gasteiger partial charge on any atom is 0.238 e. The van der Waals surface area contributed by atoms with Crippen LogP contribution < -0.4 is 16.2 Å². The molecule has 2 aromatic heterocycles. The average molecular weight is 416 g/mol. The van der Waals surface area contributed by atoms with Crippen LogP contribution in [0.2, 0.25) is 0 Å². The zero-order chi connectivity index (χ0) is 19.9. The van der Waals surface area contributed by atoms with E-state index in [1.807, 2.05) is 41.8 Å². The van der Waals surface area contributed by atoms with E-state index in [0.29, 0.717) is 29.2 Å². The molecule has 0 spiro atoms. The number of hydrazine groups is 1. The van der Waals surface area contributed by atoms with Crippen LogP contribution in [0, 0.1) is 0 Å². The Balaban J connectivity index is 1.39. The predicted octanol–water partition coefficient (Wildman–Crippen LogP) is 3.87. The summed E-state index contributed by atoms with van der Waals surface area (Å²) in [7, 11) is 0. The number of carbonyl (C=O) groups excluding carboxylic acids is 1. The van der Waals surface area contributed by atoms with Crippen LogP contribution in [0.25, 0.3) is 10.7 Å². The zero-order valence-corrected chi connectivity index (χ0v) is 17.2. The van der Waals surface area contributed by atoms with E-state index in [9.17, 15) is 4.79 Å². The van der Waals surface area contributed by atoms with Crippen molar-refractivity contribution in [3.63, 3.8) is 0 Å². The van der Waals surface area contributed by atoms with Gasteiger partial charge in [0.05, 0.1) is 4.88 Å². The number of rotatable bonds is 6. The highest BCUT2D eigenvalue weighted by Crippen LogP contribution is 2.21. The molecule has 0 unspecified atom stereocenters. The summed E-state index contributed by atoms with van der Waals surface area (Å²) in [5, 5.41) is 9.20. The molecule has 0 radical (unpaired) electrons. The highest BCUT2D eigenvalue weighted by molar-refractivity contribution is 7.80. The standard InChI is InChI=1S/C19H21N5O2S2/c1-12(2)13-5-7-14(8-6-13)20-19(27)23-22-16(25)9-10-17-21-18(24-26-17)15-4-3-11-28-15/h3-8,11-12H,9-10H2,1-2H3,(H,22,25)(H2,20,23,27). The van der Waals surface area contributed by atoms with Gasteiger partial charge in [0.15, 0.2) is 5.11 Å². The van der Waals surface area contributed by atoms with E-state index in [1.54, 1.807) is 0 Å². The number of aromatic nitrogens is 2. The molecule has 3 N–H and O–H groups in total. The summed E-state index contributed by atoms with van der Waals surface area (Å²) in [6.45, 7) is 4.28. The minimum atomic E-state index is -0.227. The number of thiophene rings is 1. The molecule has 1 amide bonds. The fourth-order valence-electron chi connectivity index (χ4n) is 2.39. The monoisotopic (exact) mass is 415 g/mol. The summed E-state index contributed by atoms with van der Waals surface area (Å²) in [5.74, 6) is 1.20. The SMILES string of the molecule is CC(C)c1ccc(NC(=S)NNC(=O)CCc2nc(-c3cccs3)no2)cc1. The van der Waals surface area contributed by atoms with Crippen LogP contribution in [0.15, 0.2) is 46.3 Å². The third-order valence-corrected chi connectivity index (χ3v) is 5.00. The molecule has 3 rings (SSSR count). The van der Waals surface area contributed by atoms with Crippen LogP contribution in [-0.4, -0.2) is 21.2 Å². The van der Waals surface area contributed by atoms with E-state index in [1.165, 1.54) is 16.9 Å². The van der Waals surface area contributed by atoms with Gasteiger partial charge in [0.1, 0.15) is 0 Å². The molecular weight excluding hydrogens is 394 g/mol. The molecule has 2 heterocycles. The topological polar surface area (TPSA) is 92.1 Å². The van der Waals surface area contributed by atoms with E-state index >= 15 is 0 Å². The lowest BCUT2D eigenvalue weighted by atomic mass is 10.0. The number of anilines is 1. The smallest absolute Gasteiger partial charge is 0.238 e. The van der Waals surface area contributed by atoms with Crippen LogP contribution in [0.1, 0.15) is 37.6 Å². The van der Waals surface area contributed by atoms with Crippen molar-refractivity contribution in [1.82, 2.24) is 21.0 Å². The van der Waals surface area contributed by atoms with Gasteiger partial charge in [0.2, 0.25) is 17.6 Å². The fraction of sp³-hybridized carbons (Fsp3) is 0.263. The van der Waals surface area contributed by atoms with Crippen molar-refractivity contribution in [2.75, 3.05) is 5.32 Å². The Morgan fingerprint density at radius 3 is 2.68 bits per heavy atom. The van der Waals surface area contributed by atoms with Crippen LogP contribution in [0.4, 0.5) is 5.69 Å². The van der Waals surface area contributed by atoms with Gasteiger partial charge in [0.25, 0.3) is 0 Å². The molecule has 146 valence electrons. The van der Waals surface area contributed by atoms with Gasteiger partial charge in [-0.15, -0.1) is 11.3 Å². The van der Waals surface area contributed by atoms with Crippen LogP contribution >= 0.6 is 23.6 Å². The van der Waals surface area contributed by atoms with E-state index in [4.69, 9.17) is 16.7 Å². The van der Waals surface area contributed by atoms with Gasteiger partial charge in [-0.2, -0.15) is 4.98 Å². The molecule has 0 aliphatic carbocycles. The summed E-state index contributed by atoms with van der Waals surface area (Å²) in [6.07, 6.45) is 0.549. The molecule has 1 aromatic carbocycles. The Morgan fingerprint density at radius 1 is 1.21 bits per heavy atom. The third-order valence-electron chi connectivity index (χ3n) is 3.93. The van der Waals surface area contributed by atoms with E-state index < -0.39 is 0 Å². The van der Waals surface area contributed by atoms with Gasteiger partial charge >= 0.3 is 0 Å². The Bertz CT molecular complexity index is 920. The summed E-state index contributed by atoms with van der Waals surface area (Å²) < 4.78 is 5.18. The van der Waals surface area contributed by atoms with Crippen LogP contribution in [0.3, 0.4) is 0 Å². The number of thiocarbonyl (C=S) groups is 1. The lowest BCUT2D eigenvalue weighted by molar-refractivity contribution is -0.121. The van der Waals surface area contributed by atoms with E-state index in [-0.39, 0.29) is 12.3 Å². The van der Waals surface area contributed by atoms with Gasteiger partial charge < -0.3 is 9.84 Å². The highest BCUT2D eigenvalue weighted by atomic mass is 32.1. The molecule has 0 fully saturated rings. The number of amides is 1. The first kappa shape index (κ1) is 20.0. The molecule has 0 aliphatic heterocycles. The molecule has 0 bridgehead atoms. The molecule has 0 saturated carbocycles. The van der Waals surface area contributed by atoms with Gasteiger partial charge in [-0.25, -0.2) is 0 Å². The quantitative estimate of drug-likeness (QED) is 0.416. The average Bonchev–Trinajstić information content (AvgIpc) is 3.36. The van der Waals surface area contributed by atoms with E-state index in [2.05, 4.69) is 40.2 Å². The normalized spacial score (nSPS) is 10.7. The number of nitrogens with one attached hydrogen (secondary N) is 3. The lowest BCUT2D eigenvalue weighted by Crippen LogP contribution is -2.43. The summed E-state index contributed by atoms with van der Waals surface area (Å²) >= 11 is 6.72. The van der Waals surface area contributed by atoms with Crippen molar-refractivity contribution in [1.29, 1.82) is 0 Å². The van der Waals surface area contributed by atoms with Gasteiger partial charge in [0, 0.05) is 18.5 Å². The van der Waals surface area contributed by atoms with Crippen molar-refractivity contribution < 1.29 is 9.32 Å². The van der Waals surface area contributed by atoms with Gasteiger partial charge in [-0.1, -0.05) is 37.2 Å². The molecule has 0 atom stereocenters. The maximum absolute atomic E-state index is 12.0. The maximum atomic E-state index is 12.0. The largest absolute Gasteiger partial charge is 0.339 e. The first-order valence-electron chi connectivity index (χ1n) is 8.83. The summed E-state index contributed by atoms with van der Waals surface area (Å²) in [4.78, 5) is 17.2. The number of hydrogen-bond acceptors (Lipinski definition) is 6. The second kappa shape index (κ2) is 9.43. The Labute approximate surface area is 172 Å². The molecule has 28 heavy (non-hydrogen) atoms. The Hall–Kier alpha value is -2.78. The molecule has 0 aliphatic rings. The highest BCUT2D eigenvalue weighted by Gasteiger charge is 2.11. The Morgan fingerprint density at radius 2 is 2.00 bits per heavy atom. The minimum Gasteiger partial charge on any atom is -0.339 e. The third kappa shape index (κ3) is 5.61. The van der Waals surface area contributed by atoms with Crippen molar-refractivity contribution in [2.24, 2.45) is 0 Å². The number of nitrogens with zero attached hydrogens (tertiary/aromatic N) is 2. The van der Waals surface area contributed by atoms with Gasteiger partial charge in [-0.05, 0) is 47.3 Å². The number of hydrogen-bond donors (Lipinski definition) is 3. The van der Waals surface area contributed by atoms with Crippen molar-refractivity contribution >= 4 is 40.3 Å². The number of carbonyl (C=O) groups is 1. The predicted molar refractivity (Wildman–Crippen MR) is 114 cm³/mol. The summed E-state index contributed by atoms with van der Waals surface area (Å²) in [5.41, 5.74) is 7.35. The fourth-order valence-corrected chi connectivity index (χ4v) is 3.20. The zero-order valence-electron chi connectivity index (χ0n) is 15.6. The van der Waals surface area contributed by atoms with E-state index in [0.717, 1.165) is 10.6 Å². The van der Waals surface area contributed by atoms with Gasteiger partial charge in [-0.3, -0.25) is 15.6 Å².